The molecule has 5 rings (SSSR count). The Kier molecular flexibility index (Phi) is 5.43. The molecule has 1 atom stereocenters. The van der Waals surface area contributed by atoms with E-state index < -0.39 is 14.6 Å². The molecule has 2 aliphatic rings. The fraction of sp³-hybridized carbons (Fsp3) is 0.478. The highest BCUT2D eigenvalue weighted by Gasteiger charge is 2.46. The lowest BCUT2D eigenvalue weighted by atomic mass is 9.94. The van der Waals surface area contributed by atoms with Crippen molar-refractivity contribution in [2.75, 3.05) is 44.1 Å². The molecule has 2 saturated heterocycles. The summed E-state index contributed by atoms with van der Waals surface area (Å²) in [5.41, 5.74) is 2.42. The molecule has 1 unspecified atom stereocenters. The minimum absolute atomic E-state index is 0.131. The number of hydrogen-bond donors (Lipinski definition) is 1. The van der Waals surface area contributed by atoms with Crippen molar-refractivity contribution in [2.24, 2.45) is 0 Å². The first kappa shape index (κ1) is 21.4. The minimum atomic E-state index is -3.45. The number of rotatable bonds is 4. The number of sulfone groups is 1. The van der Waals surface area contributed by atoms with Gasteiger partial charge in [-0.1, -0.05) is 12.1 Å². The van der Waals surface area contributed by atoms with E-state index >= 15 is 0 Å². The number of anilines is 1. The molecular formula is C23H28N4O4S. The van der Waals surface area contributed by atoms with Gasteiger partial charge in [-0.3, -0.25) is 0 Å². The van der Waals surface area contributed by atoms with Crippen LogP contribution in [0, 0.1) is 0 Å². The van der Waals surface area contributed by atoms with Gasteiger partial charge in [0.2, 0.25) is 0 Å². The average molecular weight is 457 g/mol. The van der Waals surface area contributed by atoms with Gasteiger partial charge in [0.1, 0.15) is 10.6 Å². The summed E-state index contributed by atoms with van der Waals surface area (Å²) in [4.78, 5) is 15.2. The Morgan fingerprint density at radius 2 is 1.94 bits per heavy atom. The quantitative estimate of drug-likeness (QED) is 0.645. The van der Waals surface area contributed by atoms with Crippen LogP contribution in [0.4, 0.5) is 5.82 Å². The molecule has 1 N–H and O–H groups in total. The number of morpholine rings is 1. The molecule has 1 aromatic carbocycles. The highest BCUT2D eigenvalue weighted by Crippen LogP contribution is 2.41. The Balaban J connectivity index is 1.74. The third kappa shape index (κ3) is 3.58. The number of aromatic amines is 1. The van der Waals surface area contributed by atoms with Crippen molar-refractivity contribution in [3.05, 3.63) is 42.2 Å². The Hall–Kier alpha value is -2.49. The number of H-pyrrole nitrogens is 1. The van der Waals surface area contributed by atoms with Crippen molar-refractivity contribution >= 4 is 26.6 Å². The number of benzene rings is 1. The smallest absolute Gasteiger partial charge is 0.162 e. The first-order valence-electron chi connectivity index (χ1n) is 11.0. The maximum atomic E-state index is 13.1. The second-order valence-corrected chi connectivity index (χ2v) is 11.0. The van der Waals surface area contributed by atoms with Crippen LogP contribution in [-0.2, 0) is 24.1 Å². The van der Waals surface area contributed by atoms with Crippen molar-refractivity contribution in [1.29, 1.82) is 0 Å². The lowest BCUT2D eigenvalue weighted by Crippen LogP contribution is -2.45. The lowest BCUT2D eigenvalue weighted by molar-refractivity contribution is 0.0731. The summed E-state index contributed by atoms with van der Waals surface area (Å²) in [5, 5.41) is 1.01. The van der Waals surface area contributed by atoms with Crippen LogP contribution in [0.25, 0.3) is 22.3 Å². The van der Waals surface area contributed by atoms with Crippen LogP contribution >= 0.6 is 0 Å². The van der Waals surface area contributed by atoms with Gasteiger partial charge in [0.05, 0.1) is 24.9 Å². The first-order valence-corrected chi connectivity index (χ1v) is 12.9. The van der Waals surface area contributed by atoms with Crippen molar-refractivity contribution in [1.82, 2.24) is 15.0 Å². The van der Waals surface area contributed by atoms with E-state index in [1.54, 1.807) is 0 Å². The normalized spacial score (nSPS) is 21.7. The van der Waals surface area contributed by atoms with Gasteiger partial charge in [-0.25, -0.2) is 18.4 Å². The van der Waals surface area contributed by atoms with Gasteiger partial charge in [-0.2, -0.15) is 0 Å². The fourth-order valence-electron chi connectivity index (χ4n) is 4.80. The van der Waals surface area contributed by atoms with Crippen molar-refractivity contribution in [2.45, 2.75) is 30.6 Å². The molecule has 3 aromatic rings. The lowest BCUT2D eigenvalue weighted by Gasteiger charge is -2.37. The molecule has 32 heavy (non-hydrogen) atoms. The summed E-state index contributed by atoms with van der Waals surface area (Å²) >= 11 is 0. The topological polar surface area (TPSA) is 97.4 Å². The van der Waals surface area contributed by atoms with E-state index in [9.17, 15) is 8.42 Å². The molecule has 9 heteroatoms. The second kappa shape index (κ2) is 8.13. The molecule has 2 aromatic heterocycles. The highest BCUT2D eigenvalue weighted by molar-refractivity contribution is 7.91. The van der Waals surface area contributed by atoms with Crippen LogP contribution in [0.15, 0.2) is 36.5 Å². The Bertz CT molecular complexity index is 1230. The van der Waals surface area contributed by atoms with Crippen molar-refractivity contribution in [3.8, 4) is 11.4 Å². The van der Waals surface area contributed by atoms with Crippen LogP contribution in [0.2, 0.25) is 0 Å². The van der Waals surface area contributed by atoms with Crippen LogP contribution in [0.3, 0.4) is 0 Å². The van der Waals surface area contributed by atoms with Crippen LogP contribution < -0.4 is 4.90 Å². The van der Waals surface area contributed by atoms with Gasteiger partial charge >= 0.3 is 0 Å². The van der Waals surface area contributed by atoms with E-state index in [0.717, 1.165) is 22.3 Å². The van der Waals surface area contributed by atoms with Gasteiger partial charge in [0.15, 0.2) is 15.7 Å². The van der Waals surface area contributed by atoms with E-state index in [4.69, 9.17) is 19.4 Å². The summed E-state index contributed by atoms with van der Waals surface area (Å²) < 4.78 is 36.3. The van der Waals surface area contributed by atoms with E-state index in [2.05, 4.69) is 16.8 Å². The van der Waals surface area contributed by atoms with E-state index in [1.165, 1.54) is 6.26 Å². The minimum Gasteiger partial charge on any atom is -0.381 e. The van der Waals surface area contributed by atoms with Gasteiger partial charge in [0, 0.05) is 54.7 Å². The average Bonchev–Trinajstić information content (AvgIpc) is 3.28. The largest absolute Gasteiger partial charge is 0.381 e. The molecule has 2 aliphatic heterocycles. The first-order chi connectivity index (χ1) is 15.4. The van der Waals surface area contributed by atoms with E-state index in [1.807, 2.05) is 36.5 Å². The van der Waals surface area contributed by atoms with Gasteiger partial charge in [-0.05, 0) is 31.9 Å². The molecule has 170 valence electrons. The molecule has 0 aliphatic carbocycles. The van der Waals surface area contributed by atoms with Crippen molar-refractivity contribution < 1.29 is 17.9 Å². The number of fused-ring (bicyclic) bond motifs is 1. The maximum Gasteiger partial charge on any atom is 0.162 e. The van der Waals surface area contributed by atoms with E-state index in [-0.39, 0.29) is 6.04 Å². The zero-order chi connectivity index (χ0) is 22.3. The number of ether oxygens (including phenoxy) is 2. The summed E-state index contributed by atoms with van der Waals surface area (Å²) in [5.74, 6) is 1.28. The molecule has 8 nitrogen and oxygen atoms in total. The van der Waals surface area contributed by atoms with Crippen LogP contribution in [-0.4, -0.2) is 68.6 Å². The number of nitrogens with one attached hydrogen (secondary N) is 1. The summed E-state index contributed by atoms with van der Waals surface area (Å²) in [6, 6.07) is 9.95. The van der Waals surface area contributed by atoms with Crippen LogP contribution in [0.1, 0.15) is 25.5 Å². The molecule has 0 saturated carbocycles. The maximum absolute atomic E-state index is 13.1. The van der Waals surface area contributed by atoms with Crippen LogP contribution in [0.5, 0.6) is 0 Å². The Morgan fingerprint density at radius 3 is 2.69 bits per heavy atom. The SMILES string of the molecule is CC1COCCN1c1cc(C2(S(C)(=O)=O)CCOCC2)nc(-c2cccc3[nH]ccc23)n1. The molecule has 0 amide bonds. The molecular weight excluding hydrogens is 428 g/mol. The molecule has 0 radical (unpaired) electrons. The zero-order valence-corrected chi connectivity index (χ0v) is 19.2. The summed E-state index contributed by atoms with van der Waals surface area (Å²) in [6.07, 6.45) is 3.97. The number of nitrogens with zero attached hydrogens (tertiary/aromatic N) is 3. The van der Waals surface area contributed by atoms with Gasteiger partial charge in [-0.15, -0.1) is 0 Å². The highest BCUT2D eigenvalue weighted by atomic mass is 32.2. The summed E-state index contributed by atoms with van der Waals surface area (Å²) in [6.45, 7) is 4.78. The Labute approximate surface area is 187 Å². The molecule has 4 heterocycles. The van der Waals surface area contributed by atoms with Gasteiger partial charge in [0.25, 0.3) is 0 Å². The number of aromatic nitrogens is 3. The summed E-state index contributed by atoms with van der Waals surface area (Å²) in [7, 11) is -3.45. The van der Waals surface area contributed by atoms with E-state index in [0.29, 0.717) is 57.3 Å². The molecule has 0 spiro atoms. The monoisotopic (exact) mass is 456 g/mol. The third-order valence-electron chi connectivity index (χ3n) is 6.69. The molecule has 0 bridgehead atoms. The third-order valence-corrected chi connectivity index (χ3v) is 8.72. The molecule has 2 fully saturated rings. The number of hydrogen-bond acceptors (Lipinski definition) is 7. The standard InChI is InChI=1S/C23H28N4O4S/c1-16-15-31-13-10-27(16)21-14-20(23(32(2,28)29)7-11-30-12-8-23)25-22(26-21)18-4-3-5-19-17(18)6-9-24-19/h3-6,9,14,16,24H,7-8,10-13,15H2,1-2H3. The zero-order valence-electron chi connectivity index (χ0n) is 18.4. The predicted molar refractivity (Wildman–Crippen MR) is 124 cm³/mol. The van der Waals surface area contributed by atoms with Crippen molar-refractivity contribution in [3.63, 3.8) is 0 Å². The Morgan fingerprint density at radius 1 is 1.12 bits per heavy atom. The predicted octanol–water partition coefficient (Wildman–Crippen LogP) is 2.90. The van der Waals surface area contributed by atoms with Gasteiger partial charge < -0.3 is 19.4 Å². The second-order valence-electron chi connectivity index (χ2n) is 8.68. The fourth-order valence-corrected chi connectivity index (χ4v) is 6.19.